The van der Waals surface area contributed by atoms with Crippen LogP contribution in [-0.2, 0) is 16.0 Å². The van der Waals surface area contributed by atoms with Gasteiger partial charge in [0.05, 0.1) is 18.8 Å². The number of rotatable bonds is 6. The molecule has 0 amide bonds. The lowest BCUT2D eigenvalue weighted by atomic mass is 10.1. The summed E-state index contributed by atoms with van der Waals surface area (Å²) in [5.74, 6) is 0.950. The summed E-state index contributed by atoms with van der Waals surface area (Å²) in [4.78, 5) is 10.5. The third kappa shape index (κ3) is 4.72. The highest BCUT2D eigenvalue weighted by Gasteiger charge is 2.22. The van der Waals surface area contributed by atoms with E-state index in [1.165, 1.54) is 18.5 Å². The molecule has 0 aliphatic carbocycles. The Balaban J connectivity index is 1.21. The third-order valence-electron chi connectivity index (χ3n) is 5.40. The molecule has 5 heteroatoms. The number of likely N-dealkylation sites (tertiary alicyclic amines) is 1. The van der Waals surface area contributed by atoms with Crippen molar-refractivity contribution in [3.8, 4) is 11.4 Å². The van der Waals surface area contributed by atoms with Crippen LogP contribution in [0.2, 0.25) is 0 Å². The molecule has 3 heterocycles. The smallest absolute Gasteiger partial charge is 0.137 e. The maximum Gasteiger partial charge on any atom is 0.137 e. The van der Waals surface area contributed by atoms with E-state index in [0.717, 1.165) is 63.5 Å². The molecule has 1 unspecified atom stereocenters. The number of nitrogens with one attached hydrogen (secondary N) is 1. The number of H-pyrrole nitrogens is 1. The maximum atomic E-state index is 6.11. The first-order valence-electron chi connectivity index (χ1n) is 9.92. The summed E-state index contributed by atoms with van der Waals surface area (Å²) in [6, 6.07) is 10.3. The number of hydrogen-bond acceptors (Lipinski definition) is 4. The number of benzene rings is 1. The average Bonchev–Trinajstić information content (AvgIpc) is 3.17. The van der Waals surface area contributed by atoms with Crippen molar-refractivity contribution >= 4 is 0 Å². The van der Waals surface area contributed by atoms with Gasteiger partial charge in [-0.15, -0.1) is 0 Å². The second-order valence-electron chi connectivity index (χ2n) is 7.42. The Morgan fingerprint density at radius 3 is 2.73 bits per heavy atom. The molecule has 4 rings (SSSR count). The van der Waals surface area contributed by atoms with Crippen LogP contribution in [0.1, 0.15) is 37.8 Å². The van der Waals surface area contributed by atoms with Crippen LogP contribution in [-0.4, -0.2) is 53.4 Å². The van der Waals surface area contributed by atoms with E-state index >= 15 is 0 Å². The molecule has 1 aromatic carbocycles. The van der Waals surface area contributed by atoms with Crippen molar-refractivity contribution in [3.63, 3.8) is 0 Å². The fourth-order valence-electron chi connectivity index (χ4n) is 3.84. The molecule has 1 atom stereocenters. The molecule has 1 aromatic heterocycles. The van der Waals surface area contributed by atoms with E-state index in [-0.39, 0.29) is 0 Å². The summed E-state index contributed by atoms with van der Waals surface area (Å²) >= 11 is 0. The number of nitrogens with zero attached hydrogens (tertiary/aromatic N) is 2. The van der Waals surface area contributed by atoms with Crippen LogP contribution < -0.4 is 0 Å². The first kappa shape index (κ1) is 17.7. The zero-order valence-electron chi connectivity index (χ0n) is 15.4. The Morgan fingerprint density at radius 2 is 1.96 bits per heavy atom. The van der Waals surface area contributed by atoms with Crippen molar-refractivity contribution in [2.75, 3.05) is 26.3 Å². The minimum atomic E-state index is 0.322. The van der Waals surface area contributed by atoms with Gasteiger partial charge in [-0.3, -0.25) is 4.90 Å². The van der Waals surface area contributed by atoms with Gasteiger partial charge in [-0.25, -0.2) is 4.98 Å². The molecule has 0 radical (unpaired) electrons. The third-order valence-corrected chi connectivity index (χ3v) is 5.40. The molecule has 140 valence electrons. The monoisotopic (exact) mass is 355 g/mol. The van der Waals surface area contributed by atoms with E-state index in [2.05, 4.69) is 27.0 Å². The van der Waals surface area contributed by atoms with Gasteiger partial charge in [0, 0.05) is 43.7 Å². The van der Waals surface area contributed by atoms with Crippen molar-refractivity contribution < 1.29 is 9.47 Å². The van der Waals surface area contributed by atoms with Gasteiger partial charge in [-0.1, -0.05) is 30.3 Å². The molecule has 2 aliphatic rings. The summed E-state index contributed by atoms with van der Waals surface area (Å²) in [5, 5.41) is 0. The van der Waals surface area contributed by atoms with Crippen LogP contribution in [0.5, 0.6) is 0 Å². The lowest BCUT2D eigenvalue weighted by Crippen LogP contribution is -2.38. The second-order valence-corrected chi connectivity index (χ2v) is 7.42. The van der Waals surface area contributed by atoms with E-state index in [0.29, 0.717) is 12.2 Å². The fraction of sp³-hybridized carbons (Fsp3) is 0.571. The number of hydrogen-bond donors (Lipinski definition) is 1. The highest BCUT2D eigenvalue weighted by atomic mass is 16.5. The van der Waals surface area contributed by atoms with Gasteiger partial charge in [0.15, 0.2) is 0 Å². The molecule has 1 N–H and O–H groups in total. The number of imidazole rings is 1. The Morgan fingerprint density at radius 1 is 1.12 bits per heavy atom. The zero-order chi connectivity index (χ0) is 17.6. The predicted molar refractivity (Wildman–Crippen MR) is 102 cm³/mol. The van der Waals surface area contributed by atoms with Crippen molar-refractivity contribution in [1.29, 1.82) is 0 Å². The topological polar surface area (TPSA) is 50.4 Å². The Hall–Kier alpha value is -1.69. The number of ether oxygens (including phenoxy) is 2. The number of aromatic nitrogens is 2. The van der Waals surface area contributed by atoms with E-state index in [1.807, 2.05) is 24.4 Å². The molecule has 0 saturated carbocycles. The molecular weight excluding hydrogens is 326 g/mol. The van der Waals surface area contributed by atoms with Crippen LogP contribution in [0.25, 0.3) is 11.4 Å². The second kappa shape index (κ2) is 8.80. The molecule has 2 fully saturated rings. The number of aromatic amines is 1. The lowest BCUT2D eigenvalue weighted by Gasteiger charge is -2.32. The van der Waals surface area contributed by atoms with Crippen molar-refractivity contribution in [1.82, 2.24) is 14.9 Å². The van der Waals surface area contributed by atoms with E-state index in [9.17, 15) is 0 Å². The normalized spacial score (nSPS) is 22.5. The SMILES string of the molecule is c1ccc(-c2ncc(CN3CCC(OCC4CCCCO4)CC3)[nH]2)cc1. The van der Waals surface area contributed by atoms with Crippen molar-refractivity contribution in [2.24, 2.45) is 0 Å². The zero-order valence-corrected chi connectivity index (χ0v) is 15.4. The van der Waals surface area contributed by atoms with Gasteiger partial charge in [-0.2, -0.15) is 0 Å². The quantitative estimate of drug-likeness (QED) is 0.860. The predicted octanol–water partition coefficient (Wildman–Crippen LogP) is 3.63. The Kier molecular flexibility index (Phi) is 5.99. The first-order valence-corrected chi connectivity index (χ1v) is 9.92. The largest absolute Gasteiger partial charge is 0.376 e. The average molecular weight is 355 g/mol. The van der Waals surface area contributed by atoms with Gasteiger partial charge in [0.1, 0.15) is 5.82 Å². The first-order chi connectivity index (χ1) is 12.9. The van der Waals surface area contributed by atoms with Gasteiger partial charge in [-0.05, 0) is 32.1 Å². The molecular formula is C21H29N3O2. The number of piperidine rings is 1. The molecule has 0 spiro atoms. The molecule has 2 aliphatic heterocycles. The van der Waals surface area contributed by atoms with Crippen LogP contribution in [0.4, 0.5) is 0 Å². The fourth-order valence-corrected chi connectivity index (χ4v) is 3.84. The minimum absolute atomic E-state index is 0.322. The standard InChI is InChI=1S/C21H29N3O2/c1-2-6-17(7-3-1)21-22-14-18(23-21)15-24-11-9-19(10-12-24)26-16-20-8-4-5-13-25-20/h1-3,6-7,14,19-20H,4-5,8-13,15-16H2,(H,22,23). The Labute approximate surface area is 155 Å². The van der Waals surface area contributed by atoms with E-state index in [1.54, 1.807) is 0 Å². The van der Waals surface area contributed by atoms with E-state index < -0.39 is 0 Å². The maximum absolute atomic E-state index is 6.11. The molecule has 26 heavy (non-hydrogen) atoms. The Bertz CT molecular complexity index is 659. The molecule has 2 saturated heterocycles. The highest BCUT2D eigenvalue weighted by molar-refractivity contribution is 5.54. The van der Waals surface area contributed by atoms with Gasteiger partial charge in [0.25, 0.3) is 0 Å². The van der Waals surface area contributed by atoms with Crippen LogP contribution in [0, 0.1) is 0 Å². The summed E-state index contributed by atoms with van der Waals surface area (Å²) in [5.41, 5.74) is 2.31. The summed E-state index contributed by atoms with van der Waals surface area (Å²) in [7, 11) is 0. The van der Waals surface area contributed by atoms with Crippen molar-refractivity contribution in [3.05, 3.63) is 42.2 Å². The van der Waals surface area contributed by atoms with Crippen LogP contribution in [0.3, 0.4) is 0 Å². The summed E-state index contributed by atoms with van der Waals surface area (Å²) in [6.45, 7) is 4.76. The summed E-state index contributed by atoms with van der Waals surface area (Å²) in [6.07, 6.45) is 8.52. The highest BCUT2D eigenvalue weighted by Crippen LogP contribution is 2.20. The van der Waals surface area contributed by atoms with Gasteiger partial charge in [0.2, 0.25) is 0 Å². The molecule has 0 bridgehead atoms. The molecule has 5 nitrogen and oxygen atoms in total. The van der Waals surface area contributed by atoms with E-state index in [4.69, 9.17) is 9.47 Å². The van der Waals surface area contributed by atoms with Gasteiger partial charge >= 0.3 is 0 Å². The van der Waals surface area contributed by atoms with Crippen LogP contribution in [0.15, 0.2) is 36.5 Å². The summed E-state index contributed by atoms with van der Waals surface area (Å²) < 4.78 is 11.9. The molecule has 2 aromatic rings. The lowest BCUT2D eigenvalue weighted by molar-refractivity contribution is -0.0753. The van der Waals surface area contributed by atoms with Gasteiger partial charge < -0.3 is 14.5 Å². The van der Waals surface area contributed by atoms with Crippen LogP contribution >= 0.6 is 0 Å². The van der Waals surface area contributed by atoms with Crippen molar-refractivity contribution in [2.45, 2.75) is 50.9 Å². The minimum Gasteiger partial charge on any atom is -0.376 e.